The highest BCUT2D eigenvalue weighted by molar-refractivity contribution is 5.91. The van der Waals surface area contributed by atoms with Crippen LogP contribution in [0.5, 0.6) is 0 Å². The molecule has 0 radical (unpaired) electrons. The number of hydrogen-bond donors (Lipinski definition) is 1. The molecule has 9 heteroatoms. The summed E-state index contributed by atoms with van der Waals surface area (Å²) in [5.41, 5.74) is 3.17. The van der Waals surface area contributed by atoms with Gasteiger partial charge in [-0.05, 0) is 34.9 Å². The minimum absolute atomic E-state index is 0.135. The zero-order chi connectivity index (χ0) is 24.1. The summed E-state index contributed by atoms with van der Waals surface area (Å²) in [6, 6.07) is 15.8. The summed E-state index contributed by atoms with van der Waals surface area (Å²) in [7, 11) is 0. The number of carbonyl (C=O) groups excluding carboxylic acids is 4. The van der Waals surface area contributed by atoms with Crippen LogP contribution in [0.2, 0.25) is 0 Å². The Labute approximate surface area is 196 Å². The zero-order valence-electron chi connectivity index (χ0n) is 18.7. The van der Waals surface area contributed by atoms with Crippen molar-refractivity contribution in [3.63, 3.8) is 0 Å². The van der Waals surface area contributed by atoms with Crippen molar-refractivity contribution in [1.82, 2.24) is 10.2 Å². The average molecular weight is 463 g/mol. The molecule has 9 nitrogen and oxygen atoms in total. The number of nitrogens with zero attached hydrogens (tertiary/aromatic N) is 2. The minimum Gasteiger partial charge on any atom is -0.459 e. The number of benzene rings is 2. The van der Waals surface area contributed by atoms with Gasteiger partial charge in [-0.1, -0.05) is 42.5 Å². The van der Waals surface area contributed by atoms with Crippen molar-refractivity contribution in [2.75, 3.05) is 24.5 Å². The highest BCUT2D eigenvalue weighted by Gasteiger charge is 2.33. The van der Waals surface area contributed by atoms with Crippen LogP contribution in [0.4, 0.5) is 10.5 Å². The van der Waals surface area contributed by atoms with Gasteiger partial charge in [0.05, 0.1) is 13.1 Å². The van der Waals surface area contributed by atoms with Gasteiger partial charge in [-0.25, -0.2) is 9.59 Å². The molecule has 4 rings (SSSR count). The van der Waals surface area contributed by atoms with Crippen molar-refractivity contribution < 1.29 is 28.7 Å². The van der Waals surface area contributed by atoms with Gasteiger partial charge in [-0.15, -0.1) is 0 Å². The molecule has 2 heterocycles. The Balaban J connectivity index is 1.40. The summed E-state index contributed by atoms with van der Waals surface area (Å²) < 4.78 is 10.7. The number of hydrogen-bond acceptors (Lipinski definition) is 6. The molecule has 1 fully saturated rings. The molecule has 0 unspecified atom stereocenters. The molecule has 2 aliphatic rings. The van der Waals surface area contributed by atoms with Gasteiger partial charge in [-0.3, -0.25) is 14.5 Å². The number of nitrogens with one attached hydrogen (secondary N) is 1. The van der Waals surface area contributed by atoms with E-state index in [0.717, 1.165) is 16.7 Å². The maximum Gasteiger partial charge on any atom is 0.414 e. The third-order valence-corrected chi connectivity index (χ3v) is 5.67. The molecule has 2 aliphatic heterocycles. The Kier molecular flexibility index (Phi) is 6.91. The third kappa shape index (κ3) is 5.25. The van der Waals surface area contributed by atoms with Gasteiger partial charge in [0.15, 0.2) is 0 Å². The highest BCUT2D eigenvalue weighted by Crippen LogP contribution is 2.28. The van der Waals surface area contributed by atoms with Crippen molar-refractivity contribution in [2.45, 2.75) is 25.7 Å². The number of amides is 3. The third-order valence-electron chi connectivity index (χ3n) is 5.67. The maximum absolute atomic E-state index is 12.6. The first-order valence-electron chi connectivity index (χ1n) is 10.9. The molecule has 3 amide bonds. The van der Waals surface area contributed by atoms with E-state index in [4.69, 9.17) is 9.47 Å². The summed E-state index contributed by atoms with van der Waals surface area (Å²) in [6.45, 7) is 2.40. The number of cyclic esters (lactones) is 1. The Morgan fingerprint density at radius 3 is 2.56 bits per heavy atom. The smallest absolute Gasteiger partial charge is 0.414 e. The number of carbonyl (C=O) groups is 4. The molecule has 0 spiro atoms. The first-order chi connectivity index (χ1) is 16.4. The van der Waals surface area contributed by atoms with Gasteiger partial charge in [0.1, 0.15) is 18.8 Å². The van der Waals surface area contributed by atoms with Crippen molar-refractivity contribution >= 4 is 35.6 Å². The van der Waals surface area contributed by atoms with E-state index in [2.05, 4.69) is 5.32 Å². The normalized spacial score (nSPS) is 19.4. The standard InChI is InChI=1S/C25H25N3O6/c1-17(30)26-12-22-14-28(25(32)34-22)21-9-7-19(8-10-21)20-11-23(27(13-20)16-29)24(31)33-15-18-5-3-2-4-6-18/h2-11,16,22-23H,12-15H2,1H3,(H,26,30)/t22-,23-/m0/s1. The lowest BCUT2D eigenvalue weighted by atomic mass is 10.1. The van der Waals surface area contributed by atoms with Gasteiger partial charge in [0, 0.05) is 19.2 Å². The maximum atomic E-state index is 12.6. The van der Waals surface area contributed by atoms with Gasteiger partial charge in [-0.2, -0.15) is 0 Å². The van der Waals surface area contributed by atoms with Gasteiger partial charge < -0.3 is 19.7 Å². The Morgan fingerprint density at radius 2 is 1.88 bits per heavy atom. The van der Waals surface area contributed by atoms with Crippen LogP contribution in [0.25, 0.3) is 5.57 Å². The molecule has 0 saturated carbocycles. The summed E-state index contributed by atoms with van der Waals surface area (Å²) in [5, 5.41) is 2.65. The summed E-state index contributed by atoms with van der Waals surface area (Å²) in [4.78, 5) is 50.4. The number of anilines is 1. The van der Waals surface area contributed by atoms with Crippen LogP contribution >= 0.6 is 0 Å². The van der Waals surface area contributed by atoms with Crippen molar-refractivity contribution in [2.24, 2.45) is 0 Å². The second-order valence-corrected chi connectivity index (χ2v) is 8.11. The fourth-order valence-electron chi connectivity index (χ4n) is 3.89. The molecule has 0 aromatic heterocycles. The van der Waals surface area contributed by atoms with Gasteiger partial charge in [0.2, 0.25) is 12.3 Å². The number of rotatable bonds is 8. The van der Waals surface area contributed by atoms with Crippen LogP contribution in [0.15, 0.2) is 60.7 Å². The summed E-state index contributed by atoms with van der Waals surface area (Å²) >= 11 is 0. The predicted molar refractivity (Wildman–Crippen MR) is 124 cm³/mol. The van der Waals surface area contributed by atoms with E-state index in [0.29, 0.717) is 18.6 Å². The lowest BCUT2D eigenvalue weighted by Crippen LogP contribution is -2.36. The van der Waals surface area contributed by atoms with Crippen LogP contribution in [0.3, 0.4) is 0 Å². The largest absolute Gasteiger partial charge is 0.459 e. The SMILES string of the molecule is CC(=O)NC[C@H]1CN(c2ccc(C3=C[C@@H](C(=O)OCc4ccccc4)N(C=O)C3)cc2)C(=O)O1. The average Bonchev–Trinajstić information content (AvgIpc) is 3.45. The highest BCUT2D eigenvalue weighted by atomic mass is 16.6. The topological polar surface area (TPSA) is 105 Å². The molecule has 1 saturated heterocycles. The monoisotopic (exact) mass is 463 g/mol. The van der Waals surface area contributed by atoms with Crippen LogP contribution < -0.4 is 10.2 Å². The van der Waals surface area contributed by atoms with E-state index >= 15 is 0 Å². The predicted octanol–water partition coefficient (Wildman–Crippen LogP) is 2.12. The van der Waals surface area contributed by atoms with E-state index < -0.39 is 24.2 Å². The summed E-state index contributed by atoms with van der Waals surface area (Å²) in [5.74, 6) is -0.678. The van der Waals surface area contributed by atoms with Crippen molar-refractivity contribution in [1.29, 1.82) is 0 Å². The Bertz CT molecular complexity index is 1100. The first-order valence-corrected chi connectivity index (χ1v) is 10.9. The molecule has 176 valence electrons. The fraction of sp³-hybridized carbons (Fsp3) is 0.280. The number of ether oxygens (including phenoxy) is 2. The molecule has 34 heavy (non-hydrogen) atoms. The molecular formula is C25H25N3O6. The second-order valence-electron chi connectivity index (χ2n) is 8.11. The fourth-order valence-corrected chi connectivity index (χ4v) is 3.89. The molecule has 1 N–H and O–H groups in total. The summed E-state index contributed by atoms with van der Waals surface area (Å²) in [6.07, 6.45) is 1.47. The Hall–Kier alpha value is -4.14. The molecule has 0 aliphatic carbocycles. The molecule has 2 aromatic rings. The quantitative estimate of drug-likeness (QED) is 0.475. The molecule has 0 bridgehead atoms. The van der Waals surface area contributed by atoms with Crippen molar-refractivity contribution in [3.05, 3.63) is 71.8 Å². The van der Waals surface area contributed by atoms with Crippen LogP contribution in [-0.4, -0.2) is 61.1 Å². The van der Waals surface area contributed by atoms with Gasteiger partial charge in [0.25, 0.3) is 0 Å². The van der Waals surface area contributed by atoms with E-state index in [1.54, 1.807) is 18.2 Å². The van der Waals surface area contributed by atoms with Crippen molar-refractivity contribution in [3.8, 4) is 0 Å². The second kappa shape index (κ2) is 10.2. The van der Waals surface area contributed by atoms with Gasteiger partial charge >= 0.3 is 12.1 Å². The first kappa shape index (κ1) is 23.0. The molecule has 2 atom stereocenters. The van der Waals surface area contributed by atoms with Crippen LogP contribution in [0.1, 0.15) is 18.1 Å². The molecular weight excluding hydrogens is 438 g/mol. The van der Waals surface area contributed by atoms with E-state index in [-0.39, 0.29) is 25.6 Å². The van der Waals surface area contributed by atoms with Crippen LogP contribution in [-0.2, 0) is 30.5 Å². The lowest BCUT2D eigenvalue weighted by Gasteiger charge is -2.18. The molecule has 2 aromatic carbocycles. The van der Waals surface area contributed by atoms with E-state index in [1.165, 1.54) is 16.7 Å². The lowest BCUT2D eigenvalue weighted by molar-refractivity contribution is -0.150. The van der Waals surface area contributed by atoms with Crippen LogP contribution in [0, 0.1) is 0 Å². The van der Waals surface area contributed by atoms with E-state index in [1.807, 2.05) is 42.5 Å². The van der Waals surface area contributed by atoms with E-state index in [9.17, 15) is 19.2 Å². The minimum atomic E-state index is -0.793. The Morgan fingerprint density at radius 1 is 1.15 bits per heavy atom. The number of esters is 1. The zero-order valence-corrected chi connectivity index (χ0v) is 18.7.